The number of hydrogen-bond acceptors (Lipinski definition) is 4. The Hall–Kier alpha value is -1.39. The summed E-state index contributed by atoms with van der Waals surface area (Å²) in [6.45, 7) is 7.01. The molecule has 1 unspecified atom stereocenters. The Labute approximate surface area is 96.5 Å². The van der Waals surface area contributed by atoms with Crippen molar-refractivity contribution in [1.82, 2.24) is 4.90 Å². The number of carbonyl (C=O) groups is 1. The number of nitrogens with zero attached hydrogens (tertiary/aromatic N) is 3. The highest BCUT2D eigenvalue weighted by Gasteiger charge is 2.39. The first-order valence-corrected chi connectivity index (χ1v) is 5.51. The molecule has 4 nitrogen and oxygen atoms in total. The van der Waals surface area contributed by atoms with Gasteiger partial charge in [0, 0.05) is 5.54 Å². The van der Waals surface area contributed by atoms with E-state index in [9.17, 15) is 4.79 Å². The van der Waals surface area contributed by atoms with Crippen LogP contribution in [0.4, 0.5) is 0 Å². The van der Waals surface area contributed by atoms with Crippen LogP contribution in [-0.2, 0) is 4.79 Å². The number of likely N-dealkylation sites (tertiary alicyclic amines) is 1. The molecule has 0 aromatic heterocycles. The molecule has 0 aliphatic carbocycles. The van der Waals surface area contributed by atoms with Crippen molar-refractivity contribution in [1.29, 1.82) is 10.5 Å². The van der Waals surface area contributed by atoms with E-state index in [2.05, 4.69) is 4.90 Å². The van der Waals surface area contributed by atoms with E-state index in [1.54, 1.807) is 12.1 Å². The fraction of sp³-hybridized carbons (Fsp3) is 0.750. The van der Waals surface area contributed by atoms with E-state index < -0.39 is 5.92 Å². The van der Waals surface area contributed by atoms with Crippen LogP contribution in [0.3, 0.4) is 0 Å². The highest BCUT2D eigenvalue weighted by Crippen LogP contribution is 2.28. The van der Waals surface area contributed by atoms with Crippen LogP contribution in [0.15, 0.2) is 0 Å². The van der Waals surface area contributed by atoms with Gasteiger partial charge >= 0.3 is 0 Å². The standard InChI is InChI=1S/C12H17N3O/c1-12(2,3)15-6-4-5-10(15)11(16)9(7-13)8-14/h9-10H,4-6H2,1-3H3. The quantitative estimate of drug-likeness (QED) is 0.705. The molecular formula is C12H17N3O. The van der Waals surface area contributed by atoms with E-state index in [1.165, 1.54) is 0 Å². The SMILES string of the molecule is CC(C)(C)N1CCCC1C(=O)C(C#N)C#N. The van der Waals surface area contributed by atoms with E-state index in [0.717, 1.165) is 19.4 Å². The third-order valence-electron chi connectivity index (χ3n) is 2.99. The second kappa shape index (κ2) is 4.63. The Bertz CT molecular complexity index is 342. The monoisotopic (exact) mass is 219 g/mol. The Morgan fingerprint density at radius 2 is 1.94 bits per heavy atom. The molecule has 0 spiro atoms. The van der Waals surface area contributed by atoms with Crippen LogP contribution in [0.2, 0.25) is 0 Å². The van der Waals surface area contributed by atoms with Crippen LogP contribution >= 0.6 is 0 Å². The summed E-state index contributed by atoms with van der Waals surface area (Å²) in [7, 11) is 0. The lowest BCUT2D eigenvalue weighted by molar-refractivity contribution is -0.125. The molecule has 1 aliphatic rings. The zero-order chi connectivity index (χ0) is 12.3. The number of nitriles is 2. The molecule has 0 bridgehead atoms. The maximum absolute atomic E-state index is 12.0. The van der Waals surface area contributed by atoms with Gasteiger partial charge in [0.1, 0.15) is 0 Å². The molecule has 0 aromatic rings. The van der Waals surface area contributed by atoms with Gasteiger partial charge in [-0.25, -0.2) is 0 Å². The highest BCUT2D eigenvalue weighted by atomic mass is 16.1. The number of ketones is 1. The lowest BCUT2D eigenvalue weighted by atomic mass is 9.96. The summed E-state index contributed by atoms with van der Waals surface area (Å²) in [6.07, 6.45) is 1.72. The van der Waals surface area contributed by atoms with E-state index in [-0.39, 0.29) is 17.4 Å². The van der Waals surface area contributed by atoms with Gasteiger partial charge in [-0.15, -0.1) is 0 Å². The average Bonchev–Trinajstić information content (AvgIpc) is 2.67. The number of hydrogen-bond donors (Lipinski definition) is 0. The van der Waals surface area contributed by atoms with Gasteiger partial charge in [-0.1, -0.05) is 0 Å². The van der Waals surface area contributed by atoms with Gasteiger partial charge in [-0.2, -0.15) is 10.5 Å². The summed E-state index contributed by atoms with van der Waals surface area (Å²) in [6, 6.07) is 3.27. The summed E-state index contributed by atoms with van der Waals surface area (Å²) in [5.74, 6) is -1.36. The summed E-state index contributed by atoms with van der Waals surface area (Å²) >= 11 is 0. The third kappa shape index (κ3) is 2.40. The van der Waals surface area contributed by atoms with Gasteiger partial charge < -0.3 is 0 Å². The van der Waals surface area contributed by atoms with Crippen LogP contribution < -0.4 is 0 Å². The minimum atomic E-state index is -1.12. The van der Waals surface area contributed by atoms with E-state index in [0.29, 0.717) is 0 Å². The van der Waals surface area contributed by atoms with E-state index >= 15 is 0 Å². The molecule has 86 valence electrons. The number of rotatable bonds is 2. The second-order valence-electron chi connectivity index (χ2n) is 5.12. The van der Waals surface area contributed by atoms with Gasteiger partial charge in [0.2, 0.25) is 0 Å². The molecule has 0 amide bonds. The first kappa shape index (κ1) is 12.7. The predicted octanol–water partition coefficient (Wildman–Crippen LogP) is 1.48. The van der Waals surface area contributed by atoms with Crippen molar-refractivity contribution in [3.63, 3.8) is 0 Å². The van der Waals surface area contributed by atoms with Crippen molar-refractivity contribution in [2.75, 3.05) is 6.54 Å². The van der Waals surface area contributed by atoms with Crippen LogP contribution in [0.5, 0.6) is 0 Å². The normalized spacial score (nSPS) is 21.8. The minimum absolute atomic E-state index is 0.0910. The molecular weight excluding hydrogens is 202 g/mol. The summed E-state index contributed by atoms with van der Waals surface area (Å²) < 4.78 is 0. The summed E-state index contributed by atoms with van der Waals surface area (Å²) in [4.78, 5) is 14.1. The van der Waals surface area contributed by atoms with Crippen molar-refractivity contribution < 1.29 is 4.79 Å². The lowest BCUT2D eigenvalue weighted by Crippen LogP contribution is -2.49. The fourth-order valence-corrected chi connectivity index (χ4v) is 2.21. The van der Waals surface area contributed by atoms with Crippen molar-refractivity contribution in [2.24, 2.45) is 5.92 Å². The molecule has 1 saturated heterocycles. The zero-order valence-electron chi connectivity index (χ0n) is 10.0. The maximum atomic E-state index is 12.0. The number of carbonyl (C=O) groups excluding carboxylic acids is 1. The molecule has 1 heterocycles. The Balaban J connectivity index is 2.85. The van der Waals surface area contributed by atoms with Gasteiger partial charge in [0.05, 0.1) is 18.2 Å². The van der Waals surface area contributed by atoms with Gasteiger partial charge in [-0.05, 0) is 40.2 Å². The Morgan fingerprint density at radius 3 is 2.38 bits per heavy atom. The molecule has 1 atom stereocenters. The van der Waals surface area contributed by atoms with Crippen LogP contribution in [-0.4, -0.2) is 28.8 Å². The molecule has 0 radical (unpaired) electrons. The molecule has 0 N–H and O–H groups in total. The Kier molecular flexibility index (Phi) is 3.67. The largest absolute Gasteiger partial charge is 0.295 e. The molecule has 1 fully saturated rings. The fourth-order valence-electron chi connectivity index (χ4n) is 2.21. The third-order valence-corrected chi connectivity index (χ3v) is 2.99. The maximum Gasteiger partial charge on any atom is 0.192 e. The summed E-state index contributed by atoms with van der Waals surface area (Å²) in [5, 5.41) is 17.5. The topological polar surface area (TPSA) is 67.9 Å². The van der Waals surface area contributed by atoms with Crippen molar-refractivity contribution in [2.45, 2.75) is 45.2 Å². The highest BCUT2D eigenvalue weighted by molar-refractivity contribution is 5.90. The smallest absolute Gasteiger partial charge is 0.192 e. The summed E-state index contributed by atoms with van der Waals surface area (Å²) in [5.41, 5.74) is -0.0910. The number of Topliss-reactive ketones (excluding diaryl/α,β-unsaturated/α-hetero) is 1. The molecule has 0 aromatic carbocycles. The lowest BCUT2D eigenvalue weighted by Gasteiger charge is -2.36. The van der Waals surface area contributed by atoms with Gasteiger partial charge in [-0.3, -0.25) is 9.69 Å². The first-order valence-electron chi connectivity index (χ1n) is 5.51. The second-order valence-corrected chi connectivity index (χ2v) is 5.12. The minimum Gasteiger partial charge on any atom is -0.295 e. The van der Waals surface area contributed by atoms with Crippen molar-refractivity contribution in [3.05, 3.63) is 0 Å². The zero-order valence-corrected chi connectivity index (χ0v) is 10.0. The van der Waals surface area contributed by atoms with E-state index in [1.807, 2.05) is 20.8 Å². The van der Waals surface area contributed by atoms with Crippen molar-refractivity contribution in [3.8, 4) is 12.1 Å². The van der Waals surface area contributed by atoms with Crippen molar-refractivity contribution >= 4 is 5.78 Å². The van der Waals surface area contributed by atoms with Gasteiger partial charge in [0.15, 0.2) is 11.7 Å². The molecule has 0 saturated carbocycles. The van der Waals surface area contributed by atoms with Crippen LogP contribution in [0.25, 0.3) is 0 Å². The van der Waals surface area contributed by atoms with Crippen LogP contribution in [0, 0.1) is 28.6 Å². The van der Waals surface area contributed by atoms with Gasteiger partial charge in [0.25, 0.3) is 0 Å². The predicted molar refractivity (Wildman–Crippen MR) is 59.2 cm³/mol. The average molecular weight is 219 g/mol. The molecule has 16 heavy (non-hydrogen) atoms. The first-order chi connectivity index (χ1) is 7.41. The van der Waals surface area contributed by atoms with E-state index in [4.69, 9.17) is 10.5 Å². The molecule has 1 aliphatic heterocycles. The van der Waals surface area contributed by atoms with Crippen LogP contribution in [0.1, 0.15) is 33.6 Å². The molecule has 1 rings (SSSR count). The Morgan fingerprint density at radius 1 is 1.38 bits per heavy atom. The molecule has 4 heteroatoms.